The summed E-state index contributed by atoms with van der Waals surface area (Å²) >= 11 is 0. The molecule has 4 nitrogen and oxygen atoms in total. The second-order valence-electron chi connectivity index (χ2n) is 7.20. The van der Waals surface area contributed by atoms with Crippen molar-refractivity contribution in [2.45, 2.75) is 58.5 Å². The maximum Gasteiger partial charge on any atom is 0.222 e. The molecule has 0 aromatic heterocycles. The minimum absolute atomic E-state index is 0.0491. The minimum Gasteiger partial charge on any atom is -0.378 e. The first kappa shape index (κ1) is 18.9. The van der Waals surface area contributed by atoms with E-state index in [1.54, 1.807) is 0 Å². The predicted octanol–water partition coefficient (Wildman–Crippen LogP) is 3.39. The molecule has 1 aliphatic heterocycles. The van der Waals surface area contributed by atoms with Crippen LogP contribution in [-0.2, 0) is 9.53 Å². The molecular weight excluding hydrogens is 300 g/mol. The van der Waals surface area contributed by atoms with Gasteiger partial charge in [0.05, 0.1) is 19.3 Å². The predicted molar refractivity (Wildman–Crippen MR) is 98.1 cm³/mol. The molecule has 4 heteroatoms. The van der Waals surface area contributed by atoms with Crippen molar-refractivity contribution in [3.63, 3.8) is 0 Å². The van der Waals surface area contributed by atoms with Gasteiger partial charge in [-0.25, -0.2) is 0 Å². The van der Waals surface area contributed by atoms with Gasteiger partial charge < -0.3 is 15.4 Å². The molecule has 0 bridgehead atoms. The van der Waals surface area contributed by atoms with E-state index in [9.17, 15) is 4.79 Å². The summed E-state index contributed by atoms with van der Waals surface area (Å²) in [5.74, 6) is 1.00. The van der Waals surface area contributed by atoms with E-state index in [1.807, 2.05) is 0 Å². The van der Waals surface area contributed by atoms with Gasteiger partial charge in [0.15, 0.2) is 0 Å². The van der Waals surface area contributed by atoms with E-state index in [1.165, 1.54) is 11.1 Å². The van der Waals surface area contributed by atoms with Gasteiger partial charge in [0.25, 0.3) is 0 Å². The van der Waals surface area contributed by atoms with Crippen molar-refractivity contribution < 1.29 is 9.53 Å². The number of ether oxygens (including phenoxy) is 1. The zero-order chi connectivity index (χ0) is 17.5. The zero-order valence-corrected chi connectivity index (χ0v) is 15.5. The molecule has 1 saturated heterocycles. The van der Waals surface area contributed by atoms with Gasteiger partial charge in [-0.2, -0.15) is 0 Å². The van der Waals surface area contributed by atoms with Gasteiger partial charge in [0, 0.05) is 19.0 Å². The average molecular weight is 332 g/mol. The highest BCUT2D eigenvalue weighted by Gasteiger charge is 2.22. The third-order valence-corrected chi connectivity index (χ3v) is 4.89. The summed E-state index contributed by atoms with van der Waals surface area (Å²) in [5.41, 5.74) is 2.54. The maximum atomic E-state index is 12.4. The summed E-state index contributed by atoms with van der Waals surface area (Å²) in [6.45, 7) is 10.9. The second kappa shape index (κ2) is 9.19. The van der Waals surface area contributed by atoms with Crippen molar-refractivity contribution >= 4 is 5.91 Å². The highest BCUT2D eigenvalue weighted by molar-refractivity contribution is 5.77. The Hall–Kier alpha value is -1.39. The number of hydrogen-bond acceptors (Lipinski definition) is 3. The Morgan fingerprint density at radius 1 is 1.25 bits per heavy atom. The number of hydrogen-bond donors (Lipinski definition) is 2. The molecule has 24 heavy (non-hydrogen) atoms. The molecule has 1 aliphatic rings. The van der Waals surface area contributed by atoms with Crippen LogP contribution in [-0.4, -0.2) is 31.7 Å². The van der Waals surface area contributed by atoms with E-state index in [0.717, 1.165) is 19.6 Å². The van der Waals surface area contributed by atoms with Crippen LogP contribution in [0, 0.1) is 5.92 Å². The molecule has 1 heterocycles. The Morgan fingerprint density at radius 2 is 1.92 bits per heavy atom. The van der Waals surface area contributed by atoms with E-state index in [-0.39, 0.29) is 18.0 Å². The van der Waals surface area contributed by atoms with Crippen LogP contribution in [0.5, 0.6) is 0 Å². The largest absolute Gasteiger partial charge is 0.378 e. The normalized spacial score (nSPS) is 20.6. The molecule has 0 saturated carbocycles. The summed E-state index contributed by atoms with van der Waals surface area (Å²) < 4.78 is 5.42. The maximum absolute atomic E-state index is 12.4. The van der Waals surface area contributed by atoms with Crippen LogP contribution < -0.4 is 10.6 Å². The monoisotopic (exact) mass is 332 g/mol. The molecule has 2 N–H and O–H groups in total. The molecule has 0 spiro atoms. The van der Waals surface area contributed by atoms with Gasteiger partial charge in [-0.05, 0) is 29.4 Å². The fourth-order valence-electron chi connectivity index (χ4n) is 3.11. The first-order chi connectivity index (χ1) is 11.5. The van der Waals surface area contributed by atoms with Crippen LogP contribution in [0.4, 0.5) is 0 Å². The topological polar surface area (TPSA) is 50.4 Å². The Morgan fingerprint density at radius 3 is 2.46 bits per heavy atom. The van der Waals surface area contributed by atoms with Crippen molar-refractivity contribution in [3.8, 4) is 0 Å². The Kier molecular flexibility index (Phi) is 7.25. The lowest BCUT2D eigenvalue weighted by molar-refractivity contribution is -0.123. The second-order valence-corrected chi connectivity index (χ2v) is 7.20. The molecule has 0 aliphatic carbocycles. The number of morpholine rings is 1. The van der Waals surface area contributed by atoms with E-state index in [2.05, 4.69) is 62.6 Å². The van der Waals surface area contributed by atoms with Gasteiger partial charge in [-0.1, -0.05) is 52.0 Å². The molecule has 1 aromatic carbocycles. The van der Waals surface area contributed by atoms with Crippen LogP contribution >= 0.6 is 0 Å². The fraction of sp³-hybridized carbons (Fsp3) is 0.650. The quantitative estimate of drug-likeness (QED) is 0.805. The summed E-state index contributed by atoms with van der Waals surface area (Å²) in [6, 6.07) is 8.89. The van der Waals surface area contributed by atoms with Crippen LogP contribution in [0.2, 0.25) is 0 Å². The number of benzene rings is 1. The lowest BCUT2D eigenvalue weighted by Crippen LogP contribution is -2.45. The van der Waals surface area contributed by atoms with Crippen LogP contribution in [0.15, 0.2) is 24.3 Å². The van der Waals surface area contributed by atoms with Crippen molar-refractivity contribution in [2.75, 3.05) is 19.8 Å². The van der Waals surface area contributed by atoms with Gasteiger partial charge >= 0.3 is 0 Å². The van der Waals surface area contributed by atoms with E-state index >= 15 is 0 Å². The van der Waals surface area contributed by atoms with Gasteiger partial charge in [0.2, 0.25) is 5.91 Å². The first-order valence-electron chi connectivity index (χ1n) is 9.21. The summed E-state index contributed by atoms with van der Waals surface area (Å²) in [5, 5.41) is 6.54. The molecule has 1 fully saturated rings. The SMILES string of the molecule is CCC(C)c1ccc(C(NC(=O)CC2COCCN2)C(C)C)cc1. The van der Waals surface area contributed by atoms with Gasteiger partial charge in [-0.3, -0.25) is 4.79 Å². The Balaban J connectivity index is 1.99. The van der Waals surface area contributed by atoms with E-state index in [0.29, 0.717) is 24.9 Å². The fourth-order valence-corrected chi connectivity index (χ4v) is 3.11. The molecule has 134 valence electrons. The summed E-state index contributed by atoms with van der Waals surface area (Å²) in [4.78, 5) is 12.4. The zero-order valence-electron chi connectivity index (χ0n) is 15.5. The Labute approximate surface area is 146 Å². The number of amides is 1. The summed E-state index contributed by atoms with van der Waals surface area (Å²) in [7, 11) is 0. The summed E-state index contributed by atoms with van der Waals surface area (Å²) in [6.07, 6.45) is 1.61. The number of nitrogens with one attached hydrogen (secondary N) is 2. The molecule has 3 atom stereocenters. The van der Waals surface area contributed by atoms with E-state index in [4.69, 9.17) is 4.74 Å². The van der Waals surface area contributed by atoms with Crippen LogP contribution in [0.1, 0.15) is 63.6 Å². The van der Waals surface area contributed by atoms with Crippen molar-refractivity contribution in [3.05, 3.63) is 35.4 Å². The van der Waals surface area contributed by atoms with Crippen molar-refractivity contribution in [2.24, 2.45) is 5.92 Å². The van der Waals surface area contributed by atoms with Crippen LogP contribution in [0.3, 0.4) is 0 Å². The average Bonchev–Trinajstić information content (AvgIpc) is 2.60. The minimum atomic E-state index is 0.0491. The van der Waals surface area contributed by atoms with Crippen LogP contribution in [0.25, 0.3) is 0 Å². The van der Waals surface area contributed by atoms with Crippen molar-refractivity contribution in [1.82, 2.24) is 10.6 Å². The number of carbonyl (C=O) groups is 1. The highest BCUT2D eigenvalue weighted by atomic mass is 16.5. The lowest BCUT2D eigenvalue weighted by Gasteiger charge is -2.27. The smallest absolute Gasteiger partial charge is 0.222 e. The molecule has 2 rings (SSSR count). The highest BCUT2D eigenvalue weighted by Crippen LogP contribution is 2.25. The van der Waals surface area contributed by atoms with Crippen molar-refractivity contribution in [1.29, 1.82) is 0 Å². The first-order valence-corrected chi connectivity index (χ1v) is 9.21. The lowest BCUT2D eigenvalue weighted by atomic mass is 9.92. The Bertz CT molecular complexity index is 507. The molecule has 1 aromatic rings. The molecule has 0 radical (unpaired) electrons. The molecular formula is C20H32N2O2. The van der Waals surface area contributed by atoms with Gasteiger partial charge in [-0.15, -0.1) is 0 Å². The number of rotatable bonds is 7. The molecule has 1 amide bonds. The number of carbonyl (C=O) groups excluding carboxylic acids is 1. The van der Waals surface area contributed by atoms with Gasteiger partial charge in [0.1, 0.15) is 0 Å². The third kappa shape index (κ3) is 5.32. The third-order valence-electron chi connectivity index (χ3n) is 4.89. The van der Waals surface area contributed by atoms with E-state index < -0.39 is 0 Å². The molecule has 3 unspecified atom stereocenters. The standard InChI is InChI=1S/C20H32N2O2/c1-5-15(4)16-6-8-17(9-7-16)20(14(2)3)22-19(23)12-18-13-24-11-10-21-18/h6-9,14-15,18,20-21H,5,10-13H2,1-4H3,(H,22,23).